The zero-order valence-corrected chi connectivity index (χ0v) is 14.4. The van der Waals surface area contributed by atoms with E-state index in [1.54, 1.807) is 0 Å². The van der Waals surface area contributed by atoms with Gasteiger partial charge in [-0.1, -0.05) is 0 Å². The number of benzene rings is 1. The van der Waals surface area contributed by atoms with E-state index in [0.29, 0.717) is 0 Å². The highest BCUT2D eigenvalue weighted by Gasteiger charge is 2.32. The van der Waals surface area contributed by atoms with Crippen LogP contribution in [0.15, 0.2) is 27.6 Å². The number of rotatable bonds is 3. The molecule has 10 heteroatoms. The van der Waals surface area contributed by atoms with Gasteiger partial charge in [-0.05, 0) is 34.1 Å². The summed E-state index contributed by atoms with van der Waals surface area (Å²) in [6, 6.07) is 3.35. The van der Waals surface area contributed by atoms with Crippen LogP contribution >= 0.6 is 15.9 Å². The quantitative estimate of drug-likeness (QED) is 0.753. The van der Waals surface area contributed by atoms with Crippen LogP contribution in [-0.2, 0) is 20.0 Å². The molecule has 0 unspecified atom stereocenters. The number of hydrogen-bond donors (Lipinski definition) is 0. The van der Waals surface area contributed by atoms with Crippen LogP contribution in [-0.4, -0.2) is 57.9 Å². The second-order valence-electron chi connectivity index (χ2n) is 4.64. The summed E-state index contributed by atoms with van der Waals surface area (Å²) < 4.78 is 63.4. The largest absolute Gasteiger partial charge is 0.244 e. The van der Waals surface area contributed by atoms with E-state index >= 15 is 0 Å². The van der Waals surface area contributed by atoms with Crippen LogP contribution < -0.4 is 0 Å². The van der Waals surface area contributed by atoms with Crippen molar-refractivity contribution in [3.05, 3.63) is 28.5 Å². The topological polar surface area (TPSA) is 74.8 Å². The number of halogens is 2. The predicted molar refractivity (Wildman–Crippen MR) is 79.3 cm³/mol. The second-order valence-corrected chi connectivity index (χ2v) is 9.38. The molecule has 1 aromatic carbocycles. The first kappa shape index (κ1) is 16.8. The first-order valence-corrected chi connectivity index (χ1v) is 10.1. The molecular weight excluding hydrogens is 387 g/mol. The zero-order chi connectivity index (χ0) is 15.8. The van der Waals surface area contributed by atoms with Gasteiger partial charge < -0.3 is 0 Å². The highest BCUT2D eigenvalue weighted by molar-refractivity contribution is 9.10. The van der Waals surface area contributed by atoms with E-state index in [4.69, 9.17) is 0 Å². The van der Waals surface area contributed by atoms with Crippen LogP contribution in [0.25, 0.3) is 0 Å². The molecule has 0 bridgehead atoms. The normalized spacial score (nSPS) is 18.8. The summed E-state index contributed by atoms with van der Waals surface area (Å²) in [4.78, 5) is -0.0308. The van der Waals surface area contributed by atoms with Gasteiger partial charge in [-0.15, -0.1) is 0 Å². The smallest absolute Gasteiger partial charge is 0.213 e. The molecule has 0 atom stereocenters. The molecule has 6 nitrogen and oxygen atoms in total. The summed E-state index contributed by atoms with van der Waals surface area (Å²) in [6.07, 6.45) is 1.09. The van der Waals surface area contributed by atoms with Gasteiger partial charge in [0.15, 0.2) is 0 Å². The molecular formula is C11H14BrFN2O4S2. The molecule has 1 aliphatic heterocycles. The van der Waals surface area contributed by atoms with Crippen LogP contribution in [0.1, 0.15) is 0 Å². The van der Waals surface area contributed by atoms with Crippen LogP contribution in [0.4, 0.5) is 4.39 Å². The van der Waals surface area contributed by atoms with E-state index in [0.717, 1.165) is 18.4 Å². The Bertz CT molecular complexity index is 743. The van der Waals surface area contributed by atoms with Gasteiger partial charge in [0, 0.05) is 30.7 Å². The van der Waals surface area contributed by atoms with Gasteiger partial charge in [0.2, 0.25) is 20.0 Å². The highest BCUT2D eigenvalue weighted by atomic mass is 79.9. The van der Waals surface area contributed by atoms with E-state index in [-0.39, 0.29) is 35.5 Å². The lowest BCUT2D eigenvalue weighted by molar-refractivity contribution is 0.274. The first-order chi connectivity index (χ1) is 9.62. The average molecular weight is 401 g/mol. The summed E-state index contributed by atoms with van der Waals surface area (Å²) in [5, 5.41) is 0. The summed E-state index contributed by atoms with van der Waals surface area (Å²) in [7, 11) is -7.10. The average Bonchev–Trinajstić information content (AvgIpc) is 2.37. The van der Waals surface area contributed by atoms with Crippen molar-refractivity contribution in [3.8, 4) is 0 Å². The third-order valence-electron chi connectivity index (χ3n) is 3.18. The fourth-order valence-corrected chi connectivity index (χ4v) is 5.32. The SMILES string of the molecule is CS(=O)(=O)N1CCN(S(=O)(=O)c2ccc(F)cc2Br)CC1. The van der Waals surface area contributed by atoms with E-state index < -0.39 is 25.9 Å². The third-order valence-corrected chi connectivity index (χ3v) is 7.36. The van der Waals surface area contributed by atoms with E-state index in [9.17, 15) is 21.2 Å². The van der Waals surface area contributed by atoms with Crippen molar-refractivity contribution in [2.24, 2.45) is 0 Å². The van der Waals surface area contributed by atoms with Gasteiger partial charge in [-0.3, -0.25) is 0 Å². The second kappa shape index (κ2) is 5.92. The molecule has 1 aromatic rings. The van der Waals surface area contributed by atoms with Crippen molar-refractivity contribution in [1.82, 2.24) is 8.61 Å². The summed E-state index contributed by atoms with van der Waals surface area (Å²) in [5.74, 6) is -0.539. The molecule has 0 saturated carbocycles. The van der Waals surface area contributed by atoms with Gasteiger partial charge in [-0.25, -0.2) is 21.2 Å². The molecule has 0 spiro atoms. The van der Waals surface area contributed by atoms with E-state index in [1.807, 2.05) is 0 Å². The minimum absolute atomic E-state index is 0.0308. The van der Waals surface area contributed by atoms with Gasteiger partial charge in [0.1, 0.15) is 5.82 Å². The standard InChI is InChI=1S/C11H14BrFN2O4S2/c1-20(16,17)14-4-6-15(7-5-14)21(18,19)11-3-2-9(13)8-10(11)12/h2-3,8H,4-7H2,1H3. The Balaban J connectivity index is 2.23. The van der Waals surface area contributed by atoms with Crippen LogP contribution in [0, 0.1) is 5.82 Å². The molecule has 118 valence electrons. The fourth-order valence-electron chi connectivity index (χ4n) is 2.07. The van der Waals surface area contributed by atoms with Crippen LogP contribution in [0.2, 0.25) is 0 Å². The Morgan fingerprint density at radius 3 is 2.05 bits per heavy atom. The maximum absolute atomic E-state index is 13.0. The van der Waals surface area contributed by atoms with Crippen molar-refractivity contribution in [3.63, 3.8) is 0 Å². The van der Waals surface area contributed by atoms with Gasteiger partial charge in [0.25, 0.3) is 0 Å². The van der Waals surface area contributed by atoms with Crippen molar-refractivity contribution >= 4 is 36.0 Å². The Kier molecular flexibility index (Phi) is 4.74. The Labute approximate surface area is 131 Å². The fraction of sp³-hybridized carbons (Fsp3) is 0.455. The molecule has 0 aromatic heterocycles. The summed E-state index contributed by atoms with van der Waals surface area (Å²) >= 11 is 3.04. The predicted octanol–water partition coefficient (Wildman–Crippen LogP) is 0.854. The van der Waals surface area contributed by atoms with E-state index in [1.165, 1.54) is 14.7 Å². The minimum Gasteiger partial charge on any atom is -0.213 e. The van der Waals surface area contributed by atoms with Crippen molar-refractivity contribution in [2.45, 2.75) is 4.90 Å². The Hall–Kier alpha value is -0.550. The number of hydrogen-bond acceptors (Lipinski definition) is 4. The summed E-state index contributed by atoms with van der Waals surface area (Å²) in [6.45, 7) is 0.353. The molecule has 1 saturated heterocycles. The van der Waals surface area contributed by atoms with Crippen molar-refractivity contribution in [1.29, 1.82) is 0 Å². The molecule has 0 radical (unpaired) electrons. The lowest BCUT2D eigenvalue weighted by Gasteiger charge is -2.32. The van der Waals surface area contributed by atoms with E-state index in [2.05, 4.69) is 15.9 Å². The number of nitrogens with zero attached hydrogens (tertiary/aromatic N) is 2. The maximum Gasteiger partial charge on any atom is 0.244 e. The van der Waals surface area contributed by atoms with Crippen LogP contribution in [0.3, 0.4) is 0 Å². The summed E-state index contributed by atoms with van der Waals surface area (Å²) in [5.41, 5.74) is 0. The lowest BCUT2D eigenvalue weighted by Crippen LogP contribution is -2.50. The minimum atomic E-state index is -3.78. The van der Waals surface area contributed by atoms with Gasteiger partial charge in [0.05, 0.1) is 11.2 Å². The number of sulfonamides is 2. The van der Waals surface area contributed by atoms with Gasteiger partial charge in [-0.2, -0.15) is 8.61 Å². The molecule has 1 aliphatic rings. The first-order valence-electron chi connectivity index (χ1n) is 6.03. The van der Waals surface area contributed by atoms with Crippen molar-refractivity contribution in [2.75, 3.05) is 32.4 Å². The van der Waals surface area contributed by atoms with Crippen molar-refractivity contribution < 1.29 is 21.2 Å². The molecule has 0 amide bonds. The monoisotopic (exact) mass is 400 g/mol. The Morgan fingerprint density at radius 1 is 1.05 bits per heavy atom. The molecule has 2 rings (SSSR count). The molecule has 0 N–H and O–H groups in total. The molecule has 21 heavy (non-hydrogen) atoms. The molecule has 1 fully saturated rings. The molecule has 1 heterocycles. The third kappa shape index (κ3) is 3.62. The Morgan fingerprint density at radius 2 is 1.57 bits per heavy atom. The maximum atomic E-state index is 13.0. The number of piperazine rings is 1. The zero-order valence-electron chi connectivity index (χ0n) is 11.2. The van der Waals surface area contributed by atoms with Gasteiger partial charge >= 0.3 is 0 Å². The van der Waals surface area contributed by atoms with Crippen LogP contribution in [0.5, 0.6) is 0 Å². The molecule has 0 aliphatic carbocycles. The lowest BCUT2D eigenvalue weighted by atomic mass is 10.3. The highest BCUT2D eigenvalue weighted by Crippen LogP contribution is 2.26.